The molecule has 0 spiro atoms. The highest BCUT2D eigenvalue weighted by Crippen LogP contribution is 2.43. The van der Waals surface area contributed by atoms with Crippen LogP contribution in [-0.2, 0) is 37.5 Å². The third kappa shape index (κ3) is 29.9. The average molecular weight is 862 g/mol. The van der Waals surface area contributed by atoms with E-state index in [1.54, 1.807) is 6.08 Å². The Morgan fingerprint density at radius 3 is 1.98 bits per heavy atom. The fraction of sp³-hybridized carbons (Fsp3) is 0.638. The monoisotopic (exact) mass is 862 g/mol. The van der Waals surface area contributed by atoms with Gasteiger partial charge >= 0.3 is 19.8 Å². The largest absolute Gasteiger partial charge is 0.472 e. The minimum atomic E-state index is -4.46. The Morgan fingerprint density at radius 2 is 1.38 bits per heavy atom. The van der Waals surface area contributed by atoms with Crippen molar-refractivity contribution in [3.8, 4) is 0 Å². The zero-order chi connectivity index (χ0) is 44.1. The molecule has 0 aliphatic heterocycles. The molecule has 0 aromatic heterocycles. The summed E-state index contributed by atoms with van der Waals surface area (Å²) >= 11 is 0. The fourth-order valence-corrected chi connectivity index (χ4v) is 7.14. The number of allylic oxidation sites excluding steroid dienone is 12. The number of unbranched alkanes of at least 4 members (excludes halogenated alkanes) is 5. The smallest absolute Gasteiger partial charge is 0.462 e. The van der Waals surface area contributed by atoms with Crippen molar-refractivity contribution in [2.75, 3.05) is 26.4 Å². The van der Waals surface area contributed by atoms with Crippen LogP contribution in [-0.4, -0.2) is 77.5 Å². The second-order valence-corrected chi connectivity index (χ2v) is 16.4. The zero-order valence-electron chi connectivity index (χ0n) is 36.4. The Labute approximate surface area is 360 Å². The van der Waals surface area contributed by atoms with Crippen LogP contribution in [0.15, 0.2) is 85.1 Å². The summed E-state index contributed by atoms with van der Waals surface area (Å²) in [5.41, 5.74) is 5.34. The minimum Gasteiger partial charge on any atom is -0.462 e. The van der Waals surface area contributed by atoms with Gasteiger partial charge in [-0.25, -0.2) is 4.57 Å². The lowest BCUT2D eigenvalue weighted by atomic mass is 9.88. The molecule has 1 unspecified atom stereocenters. The van der Waals surface area contributed by atoms with Crippen molar-refractivity contribution in [1.82, 2.24) is 0 Å². The summed E-state index contributed by atoms with van der Waals surface area (Å²) in [6.45, 7) is 3.13. The molecule has 1 fully saturated rings. The van der Waals surface area contributed by atoms with Crippen LogP contribution in [0.3, 0.4) is 0 Å². The van der Waals surface area contributed by atoms with Crippen LogP contribution in [0.1, 0.15) is 136 Å². The number of ether oxygens (including phenoxy) is 2. The number of Topliss-reactive ketones (excluding diaryl/α,β-unsaturated/α-hetero) is 1. The van der Waals surface area contributed by atoms with Gasteiger partial charge in [-0.2, -0.15) is 0 Å². The van der Waals surface area contributed by atoms with Gasteiger partial charge in [0.1, 0.15) is 12.4 Å². The van der Waals surface area contributed by atoms with E-state index in [9.17, 15) is 34.1 Å². The van der Waals surface area contributed by atoms with Gasteiger partial charge in [-0.15, -0.1) is 0 Å². The quantitative estimate of drug-likeness (QED) is 0.0202. The van der Waals surface area contributed by atoms with Crippen molar-refractivity contribution >= 4 is 25.5 Å². The molecule has 0 saturated heterocycles. The number of esters is 2. The lowest BCUT2D eigenvalue weighted by Gasteiger charge is -2.19. The Kier molecular flexibility index (Phi) is 33.3. The number of hydrogen-bond donors (Lipinski definition) is 4. The normalized spacial score (nSPS) is 19.6. The first-order valence-corrected chi connectivity index (χ1v) is 23.7. The van der Waals surface area contributed by atoms with E-state index in [1.807, 2.05) is 18.2 Å². The first-order chi connectivity index (χ1) is 29.0. The van der Waals surface area contributed by atoms with E-state index in [0.717, 1.165) is 77.0 Å². The van der Waals surface area contributed by atoms with Gasteiger partial charge < -0.3 is 30.3 Å². The maximum absolute atomic E-state index is 12.6. The average Bonchev–Trinajstić information content (AvgIpc) is 3.49. The van der Waals surface area contributed by atoms with Crippen LogP contribution in [0.2, 0.25) is 0 Å². The van der Waals surface area contributed by atoms with Crippen LogP contribution >= 0.6 is 7.82 Å². The molecule has 0 aromatic rings. The fourth-order valence-electron chi connectivity index (χ4n) is 6.38. The summed E-state index contributed by atoms with van der Waals surface area (Å²) in [6.07, 6.45) is 39.6. The number of aliphatic hydroxyl groups is 2. The Bertz CT molecular complexity index is 1420. The van der Waals surface area contributed by atoms with Crippen molar-refractivity contribution in [3.05, 3.63) is 85.1 Å². The summed E-state index contributed by atoms with van der Waals surface area (Å²) < 4.78 is 32.7. The van der Waals surface area contributed by atoms with Gasteiger partial charge in [0.05, 0.1) is 25.4 Å². The van der Waals surface area contributed by atoms with E-state index in [-0.39, 0.29) is 56.6 Å². The first kappa shape index (κ1) is 54.8. The highest BCUT2D eigenvalue weighted by molar-refractivity contribution is 7.47. The third-order valence-electron chi connectivity index (χ3n) is 9.67. The molecule has 0 heterocycles. The number of phosphoric ester groups is 1. The van der Waals surface area contributed by atoms with Crippen LogP contribution in [0.4, 0.5) is 0 Å². The number of aliphatic hydroxyl groups excluding tert-OH is 2. The third-order valence-corrected chi connectivity index (χ3v) is 10.7. The van der Waals surface area contributed by atoms with Gasteiger partial charge in [-0.1, -0.05) is 137 Å². The molecule has 1 saturated carbocycles. The Morgan fingerprint density at radius 1 is 0.783 bits per heavy atom. The summed E-state index contributed by atoms with van der Waals surface area (Å²) in [7, 11) is -4.46. The standard InChI is InChI=1S/C47H76NO11P/c1-3-5-7-8-9-10-11-12-13-14-15-16-17-18-19-20-21-22-28-32-47(53)59-41(39-58-60(54,55)57-36-35-48)38-56-46(52)31-27-24-23-26-30-42-43(45(51)37-44(42)50)34-33-40(49)29-25-6-4-2/h5,7,9-10,12-13,15-16,18-19,21-22,33-34,40-43,45,49,51H,3-4,6,8,11,14,17,20,23-32,35-39,48H2,1-2H3,(H,54,55)/b7-5-,10-9-,13-12-,16-15-,19-18-,22-21-,34-33+/t40-,41+,42+,43+,45+/m0/s1. The van der Waals surface area contributed by atoms with Crippen molar-refractivity contribution in [1.29, 1.82) is 0 Å². The Hall–Kier alpha value is -3.22. The number of rotatable bonds is 36. The van der Waals surface area contributed by atoms with Crippen molar-refractivity contribution in [3.63, 3.8) is 0 Å². The number of hydrogen-bond acceptors (Lipinski definition) is 11. The SMILES string of the molecule is CC/C=C\C/C=C\C/C=C\C/C=C\C/C=C\C/C=C\CCC(=O)O[C@H](COC(=O)CCCCCC[C@H]1C(=O)C[C@@H](O)[C@@H]1/C=C/[C@@H](O)CCCCC)COP(=O)(O)OCCN. The molecule has 5 N–H and O–H groups in total. The number of carbonyl (C=O) groups excluding carboxylic acids is 3. The van der Waals surface area contributed by atoms with Crippen molar-refractivity contribution in [2.24, 2.45) is 17.6 Å². The summed E-state index contributed by atoms with van der Waals surface area (Å²) in [4.78, 5) is 47.6. The van der Waals surface area contributed by atoms with Crippen LogP contribution in [0, 0.1) is 11.8 Å². The van der Waals surface area contributed by atoms with Crippen LogP contribution in [0.5, 0.6) is 0 Å². The molecule has 0 bridgehead atoms. The van der Waals surface area contributed by atoms with Gasteiger partial charge in [-0.3, -0.25) is 23.4 Å². The van der Waals surface area contributed by atoms with E-state index in [1.165, 1.54) is 0 Å². The molecule has 6 atom stereocenters. The second-order valence-electron chi connectivity index (χ2n) is 15.0. The molecule has 0 amide bonds. The number of nitrogens with two attached hydrogens (primary N) is 1. The summed E-state index contributed by atoms with van der Waals surface area (Å²) in [6, 6.07) is 0. The molecule has 12 nitrogen and oxygen atoms in total. The summed E-state index contributed by atoms with van der Waals surface area (Å²) in [5.74, 6) is -1.64. The van der Waals surface area contributed by atoms with Crippen LogP contribution < -0.4 is 5.73 Å². The maximum Gasteiger partial charge on any atom is 0.472 e. The molecule has 1 rings (SSSR count). The molecule has 13 heteroatoms. The predicted molar refractivity (Wildman–Crippen MR) is 239 cm³/mol. The lowest BCUT2D eigenvalue weighted by molar-refractivity contribution is -0.161. The van der Waals surface area contributed by atoms with Gasteiger partial charge in [0.25, 0.3) is 0 Å². The topological polar surface area (TPSA) is 192 Å². The second kappa shape index (κ2) is 36.4. The number of carbonyl (C=O) groups is 3. The highest BCUT2D eigenvalue weighted by atomic mass is 31.2. The van der Waals surface area contributed by atoms with Gasteiger partial charge in [-0.05, 0) is 64.2 Å². The van der Waals surface area contributed by atoms with Crippen LogP contribution in [0.25, 0.3) is 0 Å². The van der Waals surface area contributed by atoms with E-state index in [4.69, 9.17) is 24.3 Å². The minimum absolute atomic E-state index is 0.00247. The van der Waals surface area contributed by atoms with E-state index < -0.39 is 44.7 Å². The van der Waals surface area contributed by atoms with E-state index in [0.29, 0.717) is 25.7 Å². The number of ketones is 1. The summed E-state index contributed by atoms with van der Waals surface area (Å²) in [5, 5.41) is 20.7. The maximum atomic E-state index is 12.6. The predicted octanol–water partition coefficient (Wildman–Crippen LogP) is 9.42. The number of phosphoric acid groups is 1. The van der Waals surface area contributed by atoms with Crippen molar-refractivity contribution < 1.29 is 52.6 Å². The molecule has 1 aliphatic carbocycles. The molecule has 0 radical (unpaired) electrons. The zero-order valence-corrected chi connectivity index (χ0v) is 37.3. The molecule has 0 aromatic carbocycles. The molecule has 1 aliphatic rings. The molecule has 60 heavy (non-hydrogen) atoms. The lowest BCUT2D eigenvalue weighted by Crippen LogP contribution is -2.29. The first-order valence-electron chi connectivity index (χ1n) is 22.2. The van der Waals surface area contributed by atoms with E-state index >= 15 is 0 Å². The van der Waals surface area contributed by atoms with Gasteiger partial charge in [0, 0.05) is 37.6 Å². The molecular formula is C47H76NO11P. The molecule has 340 valence electrons. The Balaban J connectivity index is 2.42. The molecular weight excluding hydrogens is 785 g/mol. The van der Waals surface area contributed by atoms with Gasteiger partial charge in [0.15, 0.2) is 6.10 Å². The van der Waals surface area contributed by atoms with E-state index in [2.05, 4.69) is 74.6 Å². The van der Waals surface area contributed by atoms with Gasteiger partial charge in [0.2, 0.25) is 0 Å². The van der Waals surface area contributed by atoms with Crippen molar-refractivity contribution in [2.45, 2.75) is 154 Å². The highest BCUT2D eigenvalue weighted by Gasteiger charge is 2.39.